The van der Waals surface area contributed by atoms with Gasteiger partial charge in [0.05, 0.1) is 17.7 Å². The fourth-order valence-corrected chi connectivity index (χ4v) is 1.56. The van der Waals surface area contributed by atoms with Crippen LogP contribution in [0.3, 0.4) is 0 Å². The van der Waals surface area contributed by atoms with Crippen LogP contribution in [0.2, 0.25) is 0 Å². The molecule has 1 aromatic carbocycles. The van der Waals surface area contributed by atoms with Crippen LogP contribution < -0.4 is 4.74 Å². The Morgan fingerprint density at radius 3 is 3.00 bits per heavy atom. The lowest BCUT2D eigenvalue weighted by atomic mass is 10.1. The molecule has 0 aliphatic heterocycles. The number of hydrogen-bond acceptors (Lipinski definition) is 3. The van der Waals surface area contributed by atoms with Gasteiger partial charge in [0.2, 0.25) is 5.88 Å². The molecule has 1 heterocycles. The zero-order chi connectivity index (χ0) is 12.1. The highest BCUT2D eigenvalue weighted by Crippen LogP contribution is 2.21. The first-order valence-electron chi connectivity index (χ1n) is 5.38. The summed E-state index contributed by atoms with van der Waals surface area (Å²) >= 11 is 0. The molecule has 3 nitrogen and oxygen atoms in total. The maximum atomic E-state index is 9.08. The number of pyridine rings is 1. The lowest BCUT2D eigenvalue weighted by molar-refractivity contribution is 0.313. The average Bonchev–Trinajstić information content (AvgIpc) is 2.38. The topological polar surface area (TPSA) is 45.9 Å². The van der Waals surface area contributed by atoms with Gasteiger partial charge in [-0.2, -0.15) is 5.26 Å². The Labute approximate surface area is 100.0 Å². The Bertz CT molecular complexity index is 584. The van der Waals surface area contributed by atoms with E-state index in [0.29, 0.717) is 18.1 Å². The lowest BCUT2D eigenvalue weighted by Crippen LogP contribution is -1.98. The monoisotopic (exact) mass is 224 g/mol. The lowest BCUT2D eigenvalue weighted by Gasteiger charge is -2.06. The van der Waals surface area contributed by atoms with E-state index in [1.165, 1.54) is 0 Å². The summed E-state index contributed by atoms with van der Waals surface area (Å²) in [6.45, 7) is 4.15. The standard InChI is InChI=1S/C14H12N2O/c1-2-3-8-17-14-9-11(10-15)12-6-4-5-7-13(12)16-14/h2,4-7,9H,1,3,8H2. The summed E-state index contributed by atoms with van der Waals surface area (Å²) in [6.07, 6.45) is 2.54. The summed E-state index contributed by atoms with van der Waals surface area (Å²) in [5, 5.41) is 9.93. The minimum Gasteiger partial charge on any atom is -0.477 e. The van der Waals surface area contributed by atoms with E-state index in [9.17, 15) is 0 Å². The van der Waals surface area contributed by atoms with Gasteiger partial charge in [0.25, 0.3) is 0 Å². The number of benzene rings is 1. The molecule has 3 heteroatoms. The molecule has 0 aliphatic rings. The number of nitrogens with zero attached hydrogens (tertiary/aromatic N) is 2. The van der Waals surface area contributed by atoms with E-state index in [4.69, 9.17) is 10.00 Å². The van der Waals surface area contributed by atoms with Gasteiger partial charge in [0.15, 0.2) is 0 Å². The molecular weight excluding hydrogens is 212 g/mol. The summed E-state index contributed by atoms with van der Waals surface area (Å²) in [7, 11) is 0. The summed E-state index contributed by atoms with van der Waals surface area (Å²) < 4.78 is 5.46. The van der Waals surface area contributed by atoms with Crippen LogP contribution in [0, 0.1) is 11.3 Å². The van der Waals surface area contributed by atoms with Crippen molar-refractivity contribution in [2.24, 2.45) is 0 Å². The van der Waals surface area contributed by atoms with Crippen molar-refractivity contribution in [1.82, 2.24) is 4.98 Å². The molecule has 0 saturated heterocycles. The molecule has 0 fully saturated rings. The summed E-state index contributed by atoms with van der Waals surface area (Å²) in [6, 6.07) is 11.4. The van der Waals surface area contributed by atoms with Crippen LogP contribution in [0.25, 0.3) is 10.9 Å². The van der Waals surface area contributed by atoms with E-state index < -0.39 is 0 Å². The first kappa shape index (κ1) is 11.2. The second-order valence-electron chi connectivity index (χ2n) is 3.56. The second-order valence-corrected chi connectivity index (χ2v) is 3.56. The summed E-state index contributed by atoms with van der Waals surface area (Å²) in [4.78, 5) is 4.35. The van der Waals surface area contributed by atoms with Crippen molar-refractivity contribution in [3.8, 4) is 11.9 Å². The second kappa shape index (κ2) is 5.13. The first-order valence-corrected chi connectivity index (χ1v) is 5.38. The van der Waals surface area contributed by atoms with Crippen molar-refractivity contribution >= 4 is 10.9 Å². The van der Waals surface area contributed by atoms with Gasteiger partial charge in [-0.25, -0.2) is 4.98 Å². The SMILES string of the molecule is C=CCCOc1cc(C#N)c2ccccc2n1. The molecule has 0 atom stereocenters. The van der Waals surface area contributed by atoms with Gasteiger partial charge >= 0.3 is 0 Å². The molecular formula is C14H12N2O. The summed E-state index contributed by atoms with van der Waals surface area (Å²) in [5.74, 6) is 0.488. The zero-order valence-corrected chi connectivity index (χ0v) is 9.39. The molecule has 0 radical (unpaired) electrons. The third-order valence-electron chi connectivity index (χ3n) is 2.39. The van der Waals surface area contributed by atoms with Gasteiger partial charge in [0.1, 0.15) is 6.07 Å². The van der Waals surface area contributed by atoms with E-state index in [1.807, 2.05) is 24.3 Å². The fourth-order valence-electron chi connectivity index (χ4n) is 1.56. The first-order chi connectivity index (χ1) is 8.35. The van der Waals surface area contributed by atoms with Crippen molar-refractivity contribution < 1.29 is 4.74 Å². The van der Waals surface area contributed by atoms with Gasteiger partial charge in [-0.15, -0.1) is 6.58 Å². The highest BCUT2D eigenvalue weighted by Gasteiger charge is 2.05. The number of aromatic nitrogens is 1. The molecule has 0 spiro atoms. The van der Waals surface area contributed by atoms with E-state index in [1.54, 1.807) is 12.1 Å². The van der Waals surface area contributed by atoms with E-state index in [0.717, 1.165) is 17.3 Å². The van der Waals surface area contributed by atoms with Crippen LogP contribution in [0.5, 0.6) is 5.88 Å². The smallest absolute Gasteiger partial charge is 0.215 e. The van der Waals surface area contributed by atoms with Crippen LogP contribution in [0.4, 0.5) is 0 Å². The average molecular weight is 224 g/mol. The Balaban J connectivity index is 2.39. The fraction of sp³-hybridized carbons (Fsp3) is 0.143. The molecule has 84 valence electrons. The number of fused-ring (bicyclic) bond motifs is 1. The molecule has 0 aliphatic carbocycles. The van der Waals surface area contributed by atoms with Crippen LogP contribution in [-0.4, -0.2) is 11.6 Å². The number of rotatable bonds is 4. The number of nitriles is 1. The summed E-state index contributed by atoms with van der Waals surface area (Å²) in [5.41, 5.74) is 1.37. The predicted octanol–water partition coefficient (Wildman–Crippen LogP) is 3.06. The number of para-hydroxylation sites is 1. The highest BCUT2D eigenvalue weighted by atomic mass is 16.5. The highest BCUT2D eigenvalue weighted by molar-refractivity contribution is 5.85. The normalized spacial score (nSPS) is 9.82. The quantitative estimate of drug-likeness (QED) is 0.592. The molecule has 1 aromatic heterocycles. The number of ether oxygens (including phenoxy) is 1. The zero-order valence-electron chi connectivity index (χ0n) is 9.39. The largest absolute Gasteiger partial charge is 0.477 e. The van der Waals surface area contributed by atoms with Crippen molar-refractivity contribution in [3.63, 3.8) is 0 Å². The minimum absolute atomic E-state index is 0.488. The van der Waals surface area contributed by atoms with Crippen LogP contribution in [-0.2, 0) is 0 Å². The van der Waals surface area contributed by atoms with Crippen LogP contribution in [0.15, 0.2) is 43.0 Å². The van der Waals surface area contributed by atoms with Crippen molar-refractivity contribution in [2.75, 3.05) is 6.61 Å². The van der Waals surface area contributed by atoms with Gasteiger partial charge in [-0.1, -0.05) is 24.3 Å². The maximum Gasteiger partial charge on any atom is 0.215 e. The van der Waals surface area contributed by atoms with Crippen molar-refractivity contribution in [1.29, 1.82) is 5.26 Å². The third kappa shape index (κ3) is 2.43. The third-order valence-corrected chi connectivity index (χ3v) is 2.39. The van der Waals surface area contributed by atoms with Crippen molar-refractivity contribution in [2.45, 2.75) is 6.42 Å². The number of hydrogen-bond donors (Lipinski definition) is 0. The molecule has 2 aromatic rings. The van der Waals surface area contributed by atoms with Gasteiger partial charge < -0.3 is 4.74 Å². The molecule has 2 rings (SSSR count). The predicted molar refractivity (Wildman–Crippen MR) is 66.8 cm³/mol. The van der Waals surface area contributed by atoms with Crippen LogP contribution >= 0.6 is 0 Å². The molecule has 0 bridgehead atoms. The minimum atomic E-state index is 0.488. The Kier molecular flexibility index (Phi) is 3.37. The molecule has 0 amide bonds. The molecule has 0 N–H and O–H groups in total. The Morgan fingerprint density at radius 1 is 1.41 bits per heavy atom. The van der Waals surface area contributed by atoms with E-state index in [2.05, 4.69) is 17.6 Å². The maximum absolute atomic E-state index is 9.08. The molecule has 17 heavy (non-hydrogen) atoms. The molecule has 0 saturated carbocycles. The van der Waals surface area contributed by atoms with Crippen molar-refractivity contribution in [3.05, 3.63) is 48.6 Å². The van der Waals surface area contributed by atoms with Crippen LogP contribution in [0.1, 0.15) is 12.0 Å². The Morgan fingerprint density at radius 2 is 2.24 bits per heavy atom. The Hall–Kier alpha value is -2.34. The van der Waals surface area contributed by atoms with Gasteiger partial charge in [-0.05, 0) is 12.5 Å². The van der Waals surface area contributed by atoms with E-state index in [-0.39, 0.29) is 0 Å². The van der Waals surface area contributed by atoms with Gasteiger partial charge in [0, 0.05) is 11.5 Å². The van der Waals surface area contributed by atoms with Gasteiger partial charge in [-0.3, -0.25) is 0 Å². The molecule has 0 unspecified atom stereocenters. The van der Waals surface area contributed by atoms with E-state index >= 15 is 0 Å².